The molecule has 0 aromatic carbocycles. The number of methoxy groups -OCH3 is 1. The molecule has 0 aliphatic carbocycles. The Hall–Kier alpha value is -1.30. The molecular weight excluding hydrogens is 238 g/mol. The smallest absolute Gasteiger partial charge is 0.411 e. The summed E-state index contributed by atoms with van der Waals surface area (Å²) >= 11 is 0. The molecule has 6 heteroatoms. The number of ether oxygens (including phenoxy) is 2. The number of nitrogens with zero attached hydrogens (tertiary/aromatic N) is 1. The summed E-state index contributed by atoms with van der Waals surface area (Å²) in [6, 6.07) is -0.792. The van der Waals surface area contributed by atoms with Gasteiger partial charge in [-0.1, -0.05) is 0 Å². The van der Waals surface area contributed by atoms with Gasteiger partial charge in [0, 0.05) is 6.42 Å². The van der Waals surface area contributed by atoms with Crippen molar-refractivity contribution in [2.45, 2.75) is 51.4 Å². The molecule has 1 rings (SSSR count). The van der Waals surface area contributed by atoms with E-state index in [0.29, 0.717) is 0 Å². The van der Waals surface area contributed by atoms with E-state index in [-0.39, 0.29) is 13.0 Å². The van der Waals surface area contributed by atoms with Crippen LogP contribution < -0.4 is 0 Å². The summed E-state index contributed by atoms with van der Waals surface area (Å²) in [5, 5.41) is 9.97. The van der Waals surface area contributed by atoms with Crippen molar-refractivity contribution in [3.8, 4) is 0 Å². The van der Waals surface area contributed by atoms with E-state index in [1.54, 1.807) is 27.7 Å². The lowest BCUT2D eigenvalue weighted by molar-refractivity contribution is -0.145. The molecule has 0 unspecified atom stereocenters. The molecule has 0 spiro atoms. The van der Waals surface area contributed by atoms with Crippen LogP contribution in [0.25, 0.3) is 0 Å². The van der Waals surface area contributed by atoms with Crippen molar-refractivity contribution in [1.29, 1.82) is 0 Å². The number of aliphatic hydroxyl groups is 1. The molecule has 18 heavy (non-hydrogen) atoms. The number of rotatable bonds is 1. The van der Waals surface area contributed by atoms with Crippen LogP contribution in [0.2, 0.25) is 0 Å². The minimum absolute atomic E-state index is 0.0572. The molecule has 1 heterocycles. The molecule has 0 radical (unpaired) electrons. The quantitative estimate of drug-likeness (QED) is 0.709. The lowest BCUT2D eigenvalue weighted by Crippen LogP contribution is -2.44. The molecule has 0 saturated carbocycles. The minimum atomic E-state index is -1.10. The summed E-state index contributed by atoms with van der Waals surface area (Å²) in [5.74, 6) is -0.543. The second kappa shape index (κ2) is 4.76. The molecule has 1 aliphatic rings. The molecule has 1 fully saturated rings. The highest BCUT2D eigenvalue weighted by Crippen LogP contribution is 2.29. The summed E-state index contributed by atoms with van der Waals surface area (Å²) in [7, 11) is 1.25. The largest absolute Gasteiger partial charge is 0.467 e. The molecular formula is C12H21NO5. The van der Waals surface area contributed by atoms with E-state index in [4.69, 9.17) is 4.74 Å². The van der Waals surface area contributed by atoms with E-state index in [1.807, 2.05) is 0 Å². The van der Waals surface area contributed by atoms with Crippen molar-refractivity contribution in [2.75, 3.05) is 13.7 Å². The third kappa shape index (κ3) is 3.60. The van der Waals surface area contributed by atoms with Gasteiger partial charge < -0.3 is 14.6 Å². The molecule has 0 aromatic rings. The van der Waals surface area contributed by atoms with Crippen LogP contribution in [0.3, 0.4) is 0 Å². The van der Waals surface area contributed by atoms with E-state index in [1.165, 1.54) is 12.0 Å². The number of esters is 1. The Morgan fingerprint density at radius 1 is 1.39 bits per heavy atom. The van der Waals surface area contributed by atoms with Crippen LogP contribution >= 0.6 is 0 Å². The predicted octanol–water partition coefficient (Wildman–Crippen LogP) is 0.920. The lowest BCUT2D eigenvalue weighted by atomic mass is 10.0. The SMILES string of the molecule is COC(=O)[C@@H]1C[C@@](C)(O)CN1C(=O)OC(C)(C)C. The summed E-state index contributed by atoms with van der Waals surface area (Å²) in [4.78, 5) is 24.8. The van der Waals surface area contributed by atoms with Gasteiger partial charge in [0.15, 0.2) is 0 Å². The van der Waals surface area contributed by atoms with Gasteiger partial charge in [-0.2, -0.15) is 0 Å². The van der Waals surface area contributed by atoms with Crippen LogP contribution in [0.15, 0.2) is 0 Å². The van der Waals surface area contributed by atoms with Gasteiger partial charge in [0.05, 0.1) is 19.3 Å². The number of amides is 1. The van der Waals surface area contributed by atoms with Crippen molar-refractivity contribution in [3.63, 3.8) is 0 Å². The fraction of sp³-hybridized carbons (Fsp3) is 0.833. The van der Waals surface area contributed by atoms with Gasteiger partial charge >= 0.3 is 12.1 Å². The number of likely N-dealkylation sites (tertiary alicyclic amines) is 1. The zero-order valence-corrected chi connectivity index (χ0v) is 11.5. The second-order valence-electron chi connectivity index (χ2n) is 5.85. The first kappa shape index (κ1) is 14.8. The molecule has 0 aromatic heterocycles. The van der Waals surface area contributed by atoms with E-state index in [9.17, 15) is 14.7 Å². The highest BCUT2D eigenvalue weighted by atomic mass is 16.6. The molecule has 2 atom stereocenters. The van der Waals surface area contributed by atoms with E-state index in [2.05, 4.69) is 4.74 Å². The Morgan fingerprint density at radius 2 is 1.94 bits per heavy atom. The van der Waals surface area contributed by atoms with Crippen molar-refractivity contribution < 1.29 is 24.2 Å². The minimum Gasteiger partial charge on any atom is -0.467 e. The van der Waals surface area contributed by atoms with E-state index >= 15 is 0 Å². The highest BCUT2D eigenvalue weighted by Gasteiger charge is 2.47. The number of β-amino-alcohol motifs (C(OH)–C–C–N with tert-alkyl or cyclic N) is 1. The van der Waals surface area contributed by atoms with Crippen LogP contribution in [0.5, 0.6) is 0 Å². The van der Waals surface area contributed by atoms with Gasteiger partial charge in [-0.3, -0.25) is 4.90 Å². The second-order valence-corrected chi connectivity index (χ2v) is 5.85. The zero-order valence-electron chi connectivity index (χ0n) is 11.5. The fourth-order valence-electron chi connectivity index (χ4n) is 1.93. The van der Waals surface area contributed by atoms with Crippen LogP contribution in [0.4, 0.5) is 4.79 Å². The number of carbonyl (C=O) groups excluding carboxylic acids is 2. The molecule has 0 bridgehead atoms. The predicted molar refractivity (Wildman–Crippen MR) is 64.0 cm³/mol. The monoisotopic (exact) mass is 259 g/mol. The fourth-order valence-corrected chi connectivity index (χ4v) is 1.93. The summed E-state index contributed by atoms with van der Waals surface area (Å²) < 4.78 is 9.85. The Kier molecular flexibility index (Phi) is 3.90. The maximum Gasteiger partial charge on any atom is 0.411 e. The standard InChI is InChI=1S/C12H21NO5/c1-11(2,3)18-10(15)13-7-12(4,16)6-8(13)9(14)17-5/h8,16H,6-7H2,1-5H3/t8-,12+/m0/s1. The van der Waals surface area contributed by atoms with Crippen molar-refractivity contribution in [2.24, 2.45) is 0 Å². The first-order chi connectivity index (χ1) is 8.06. The highest BCUT2D eigenvalue weighted by molar-refractivity contribution is 5.82. The Labute approximate surface area is 107 Å². The normalized spacial score (nSPS) is 28.1. The van der Waals surface area contributed by atoms with Gasteiger partial charge in [0.25, 0.3) is 0 Å². The third-order valence-electron chi connectivity index (χ3n) is 2.62. The average molecular weight is 259 g/mol. The Morgan fingerprint density at radius 3 is 2.39 bits per heavy atom. The van der Waals surface area contributed by atoms with Gasteiger partial charge in [0.2, 0.25) is 0 Å². The molecule has 1 aliphatic heterocycles. The summed E-state index contributed by atoms with van der Waals surface area (Å²) in [5.41, 5.74) is -1.75. The molecule has 6 nitrogen and oxygen atoms in total. The van der Waals surface area contributed by atoms with E-state index in [0.717, 1.165) is 0 Å². The molecule has 1 amide bonds. The van der Waals surface area contributed by atoms with Crippen LogP contribution in [-0.2, 0) is 14.3 Å². The Balaban J connectivity index is 2.84. The van der Waals surface area contributed by atoms with Gasteiger partial charge in [0.1, 0.15) is 11.6 Å². The van der Waals surface area contributed by atoms with Crippen LogP contribution in [0, 0.1) is 0 Å². The lowest BCUT2D eigenvalue weighted by Gasteiger charge is -2.27. The van der Waals surface area contributed by atoms with Crippen molar-refractivity contribution in [1.82, 2.24) is 4.90 Å². The van der Waals surface area contributed by atoms with E-state index < -0.39 is 29.3 Å². The first-order valence-electron chi connectivity index (χ1n) is 5.85. The van der Waals surface area contributed by atoms with Gasteiger partial charge in [-0.15, -0.1) is 0 Å². The number of hydrogen-bond donors (Lipinski definition) is 1. The van der Waals surface area contributed by atoms with Crippen LogP contribution in [-0.4, -0.2) is 53.0 Å². The number of carbonyl (C=O) groups is 2. The number of hydrogen-bond acceptors (Lipinski definition) is 5. The topological polar surface area (TPSA) is 76.1 Å². The van der Waals surface area contributed by atoms with Gasteiger partial charge in [-0.25, -0.2) is 9.59 Å². The Bertz CT molecular complexity index is 345. The van der Waals surface area contributed by atoms with Gasteiger partial charge in [-0.05, 0) is 27.7 Å². The summed E-state index contributed by atoms with van der Waals surface area (Å²) in [6.07, 6.45) is -0.463. The van der Waals surface area contributed by atoms with Crippen molar-refractivity contribution >= 4 is 12.1 Å². The summed E-state index contributed by atoms with van der Waals surface area (Å²) in [6.45, 7) is 6.86. The molecule has 1 N–H and O–H groups in total. The first-order valence-corrected chi connectivity index (χ1v) is 5.85. The maximum atomic E-state index is 12.0. The molecule has 1 saturated heterocycles. The molecule has 104 valence electrons. The maximum absolute atomic E-state index is 12.0. The van der Waals surface area contributed by atoms with Crippen LogP contribution in [0.1, 0.15) is 34.1 Å². The average Bonchev–Trinajstić information content (AvgIpc) is 2.51. The zero-order chi connectivity index (χ0) is 14.1. The van der Waals surface area contributed by atoms with Crippen molar-refractivity contribution in [3.05, 3.63) is 0 Å². The third-order valence-corrected chi connectivity index (χ3v) is 2.62.